The minimum atomic E-state index is 0.174. The van der Waals surface area contributed by atoms with Gasteiger partial charge in [0.2, 0.25) is 0 Å². The van der Waals surface area contributed by atoms with Crippen LogP contribution in [0.3, 0.4) is 0 Å². The fraction of sp³-hybridized carbons (Fsp3) is 0.400. The van der Waals surface area contributed by atoms with E-state index in [0.29, 0.717) is 0 Å². The third kappa shape index (κ3) is 2.66. The second-order valence-corrected chi connectivity index (χ2v) is 4.60. The third-order valence-corrected chi connectivity index (χ3v) is 3.37. The van der Waals surface area contributed by atoms with Crippen molar-refractivity contribution >= 4 is 11.3 Å². The Bertz CT molecular complexity index is 422. The minimum Gasteiger partial charge on any atom is -0.276 e. The molecular weight excluding hydrogens is 222 g/mol. The molecule has 0 spiro atoms. The highest BCUT2D eigenvalue weighted by Crippen LogP contribution is 2.21. The molecule has 0 saturated carbocycles. The first kappa shape index (κ1) is 11.3. The Hall–Kier alpha value is -1.24. The Kier molecular flexibility index (Phi) is 3.66. The molecule has 86 valence electrons. The summed E-state index contributed by atoms with van der Waals surface area (Å²) in [6.07, 6.45) is 7.68. The van der Waals surface area contributed by atoms with Gasteiger partial charge in [0.1, 0.15) is 0 Å². The van der Waals surface area contributed by atoms with E-state index in [9.17, 15) is 0 Å². The number of aromatic nitrogens is 3. The predicted octanol–water partition coefficient (Wildman–Crippen LogP) is 1.01. The monoisotopic (exact) mass is 237 g/mol. The summed E-state index contributed by atoms with van der Waals surface area (Å²) in [6, 6.07) is 0.174. The average molecular weight is 237 g/mol. The molecule has 0 radical (unpaired) electrons. The maximum absolute atomic E-state index is 5.54. The van der Waals surface area contributed by atoms with Crippen molar-refractivity contribution in [1.82, 2.24) is 20.2 Å². The molecule has 5 nitrogen and oxygen atoms in total. The highest BCUT2D eigenvalue weighted by atomic mass is 32.1. The Morgan fingerprint density at radius 2 is 2.44 bits per heavy atom. The van der Waals surface area contributed by atoms with Crippen LogP contribution in [0.5, 0.6) is 0 Å². The lowest BCUT2D eigenvalue weighted by Crippen LogP contribution is -2.27. The summed E-state index contributed by atoms with van der Waals surface area (Å²) < 4.78 is 1.81. The fourth-order valence-electron chi connectivity index (χ4n) is 1.62. The summed E-state index contributed by atoms with van der Waals surface area (Å²) in [4.78, 5) is 5.23. The molecule has 1 atom stereocenters. The molecule has 0 saturated heterocycles. The van der Waals surface area contributed by atoms with E-state index >= 15 is 0 Å². The minimum absolute atomic E-state index is 0.174. The van der Waals surface area contributed by atoms with E-state index in [1.807, 2.05) is 35.8 Å². The molecule has 2 aromatic rings. The lowest BCUT2D eigenvalue weighted by molar-refractivity contribution is 0.523. The van der Waals surface area contributed by atoms with E-state index < -0.39 is 0 Å². The van der Waals surface area contributed by atoms with Crippen LogP contribution in [0.1, 0.15) is 22.9 Å². The molecule has 6 heteroatoms. The Morgan fingerprint density at radius 3 is 3.00 bits per heavy atom. The van der Waals surface area contributed by atoms with Crippen LogP contribution >= 0.6 is 11.3 Å². The Balaban J connectivity index is 1.93. The van der Waals surface area contributed by atoms with Crippen LogP contribution in [0, 0.1) is 0 Å². The number of hydrogen-bond acceptors (Lipinski definition) is 5. The van der Waals surface area contributed by atoms with Gasteiger partial charge in [0.05, 0.1) is 17.7 Å². The Labute approximate surface area is 98.3 Å². The first-order valence-electron chi connectivity index (χ1n) is 5.11. The molecule has 0 aromatic carbocycles. The van der Waals surface area contributed by atoms with Gasteiger partial charge in [-0.3, -0.25) is 20.9 Å². The van der Waals surface area contributed by atoms with E-state index in [0.717, 1.165) is 12.8 Å². The number of nitrogens with two attached hydrogens (primary N) is 1. The van der Waals surface area contributed by atoms with Gasteiger partial charge in [-0.2, -0.15) is 5.10 Å². The highest BCUT2D eigenvalue weighted by Gasteiger charge is 2.11. The quantitative estimate of drug-likeness (QED) is 0.601. The molecule has 0 bridgehead atoms. The second-order valence-electron chi connectivity index (χ2n) is 3.68. The smallest absolute Gasteiger partial charge is 0.0794 e. The lowest BCUT2D eigenvalue weighted by Gasteiger charge is -2.12. The normalized spacial score (nSPS) is 12.9. The van der Waals surface area contributed by atoms with Gasteiger partial charge in [0, 0.05) is 24.3 Å². The molecule has 2 rings (SSSR count). The van der Waals surface area contributed by atoms with Crippen molar-refractivity contribution in [2.45, 2.75) is 18.9 Å². The van der Waals surface area contributed by atoms with Gasteiger partial charge in [-0.25, -0.2) is 0 Å². The van der Waals surface area contributed by atoms with Crippen LogP contribution in [0.4, 0.5) is 0 Å². The summed E-state index contributed by atoms with van der Waals surface area (Å²) in [5.41, 5.74) is 5.88. The van der Waals surface area contributed by atoms with Gasteiger partial charge in [0.25, 0.3) is 0 Å². The van der Waals surface area contributed by atoms with Crippen LogP contribution in [0.2, 0.25) is 0 Å². The van der Waals surface area contributed by atoms with Crippen molar-refractivity contribution in [2.75, 3.05) is 0 Å². The standard InChI is InChI=1S/C10H15N5S/c1-15-6-8(4-13-15)2-3-9(14-11)10-5-12-7-16-10/h4-7,9,14H,2-3,11H2,1H3. The fourth-order valence-corrected chi connectivity index (χ4v) is 2.33. The van der Waals surface area contributed by atoms with Crippen LogP contribution in [-0.4, -0.2) is 14.8 Å². The average Bonchev–Trinajstić information content (AvgIpc) is 2.91. The summed E-state index contributed by atoms with van der Waals surface area (Å²) in [5.74, 6) is 5.54. The van der Waals surface area contributed by atoms with Gasteiger partial charge in [0.15, 0.2) is 0 Å². The van der Waals surface area contributed by atoms with E-state index in [2.05, 4.69) is 15.5 Å². The highest BCUT2D eigenvalue weighted by molar-refractivity contribution is 7.09. The van der Waals surface area contributed by atoms with Gasteiger partial charge in [-0.05, 0) is 18.4 Å². The predicted molar refractivity (Wildman–Crippen MR) is 63.7 cm³/mol. The zero-order valence-corrected chi connectivity index (χ0v) is 9.94. The molecule has 0 aliphatic rings. The maximum atomic E-state index is 5.54. The van der Waals surface area contributed by atoms with Gasteiger partial charge in [-0.15, -0.1) is 11.3 Å². The number of nitrogens with one attached hydrogen (secondary N) is 1. The van der Waals surface area contributed by atoms with Gasteiger partial charge >= 0.3 is 0 Å². The van der Waals surface area contributed by atoms with Crippen LogP contribution in [-0.2, 0) is 13.5 Å². The van der Waals surface area contributed by atoms with Gasteiger partial charge in [-0.1, -0.05) is 0 Å². The van der Waals surface area contributed by atoms with Crippen LogP contribution in [0.25, 0.3) is 0 Å². The van der Waals surface area contributed by atoms with E-state index in [1.165, 1.54) is 10.4 Å². The SMILES string of the molecule is Cn1cc(CCC(NN)c2cncs2)cn1. The summed E-state index contributed by atoms with van der Waals surface area (Å²) >= 11 is 1.62. The summed E-state index contributed by atoms with van der Waals surface area (Å²) in [6.45, 7) is 0. The lowest BCUT2D eigenvalue weighted by atomic mass is 10.1. The maximum Gasteiger partial charge on any atom is 0.0794 e. The van der Waals surface area contributed by atoms with E-state index in [-0.39, 0.29) is 6.04 Å². The third-order valence-electron chi connectivity index (χ3n) is 2.48. The molecule has 16 heavy (non-hydrogen) atoms. The first-order valence-corrected chi connectivity index (χ1v) is 5.99. The van der Waals surface area contributed by atoms with Crippen molar-refractivity contribution < 1.29 is 0 Å². The molecule has 1 unspecified atom stereocenters. The molecule has 2 aromatic heterocycles. The number of thiazole rings is 1. The van der Waals surface area contributed by atoms with Crippen LogP contribution in [0.15, 0.2) is 24.1 Å². The summed E-state index contributed by atoms with van der Waals surface area (Å²) in [5, 5.41) is 4.14. The number of nitrogens with zero attached hydrogens (tertiary/aromatic N) is 3. The second kappa shape index (κ2) is 5.20. The zero-order valence-electron chi connectivity index (χ0n) is 9.13. The molecule has 0 amide bonds. The molecule has 3 N–H and O–H groups in total. The molecular formula is C10H15N5S. The summed E-state index contributed by atoms with van der Waals surface area (Å²) in [7, 11) is 1.92. The largest absolute Gasteiger partial charge is 0.276 e. The number of hydrazine groups is 1. The van der Waals surface area contributed by atoms with E-state index in [4.69, 9.17) is 5.84 Å². The van der Waals surface area contributed by atoms with Gasteiger partial charge < -0.3 is 0 Å². The topological polar surface area (TPSA) is 68.8 Å². The van der Waals surface area contributed by atoms with Crippen LogP contribution < -0.4 is 11.3 Å². The number of rotatable bonds is 5. The zero-order chi connectivity index (χ0) is 11.4. The van der Waals surface area contributed by atoms with Crippen molar-refractivity contribution in [3.63, 3.8) is 0 Å². The number of aryl methyl sites for hydroxylation is 2. The van der Waals surface area contributed by atoms with Crippen molar-refractivity contribution in [3.8, 4) is 0 Å². The van der Waals surface area contributed by atoms with E-state index in [1.54, 1.807) is 11.3 Å². The van der Waals surface area contributed by atoms with Crippen molar-refractivity contribution in [2.24, 2.45) is 12.9 Å². The first-order chi connectivity index (χ1) is 7.79. The molecule has 2 heterocycles. The molecule has 0 aliphatic heterocycles. The van der Waals surface area contributed by atoms with Crippen molar-refractivity contribution in [3.05, 3.63) is 34.5 Å². The molecule has 0 aliphatic carbocycles. The number of hydrogen-bond donors (Lipinski definition) is 2. The molecule has 0 fully saturated rings. The Morgan fingerprint density at radius 1 is 1.56 bits per heavy atom. The van der Waals surface area contributed by atoms with Crippen molar-refractivity contribution in [1.29, 1.82) is 0 Å².